The second kappa shape index (κ2) is 5.03. The number of fused-ring (bicyclic) bond motifs is 3. The molecule has 0 aliphatic heterocycles. The van der Waals surface area contributed by atoms with Crippen molar-refractivity contribution < 1.29 is 9.53 Å². The van der Waals surface area contributed by atoms with E-state index in [0.29, 0.717) is 24.0 Å². The minimum absolute atomic E-state index is 0.201. The van der Waals surface area contributed by atoms with Gasteiger partial charge in [-0.2, -0.15) is 0 Å². The van der Waals surface area contributed by atoms with Gasteiger partial charge < -0.3 is 4.74 Å². The van der Waals surface area contributed by atoms with E-state index in [4.69, 9.17) is 4.74 Å². The maximum Gasteiger partial charge on any atom is 0.338 e. The lowest BCUT2D eigenvalue weighted by molar-refractivity contribution is 0.0421. The van der Waals surface area contributed by atoms with E-state index in [2.05, 4.69) is 12.2 Å². The third-order valence-corrected chi connectivity index (χ3v) is 4.83. The molecule has 2 nitrogen and oxygen atoms in total. The molecule has 3 atom stereocenters. The largest absolute Gasteiger partial charge is 0.462 e. The van der Waals surface area contributed by atoms with Crippen LogP contribution in [-0.2, 0) is 4.74 Å². The number of ether oxygens (including phenoxy) is 1. The highest BCUT2D eigenvalue weighted by Crippen LogP contribution is 2.43. The Bertz CT molecular complexity index is 716. The second-order valence-corrected chi connectivity index (χ2v) is 6.20. The molecule has 0 saturated heterocycles. The molecule has 0 heterocycles. The van der Waals surface area contributed by atoms with E-state index in [-0.39, 0.29) is 5.97 Å². The summed E-state index contributed by atoms with van der Waals surface area (Å²) in [4.78, 5) is 12.2. The Morgan fingerprint density at radius 1 is 1.05 bits per heavy atom. The average molecular weight is 278 g/mol. The molecule has 0 spiro atoms. The van der Waals surface area contributed by atoms with Gasteiger partial charge >= 0.3 is 5.97 Å². The molecule has 0 radical (unpaired) electrons. The predicted molar refractivity (Wildman–Crippen MR) is 83.1 cm³/mol. The fourth-order valence-corrected chi connectivity index (χ4v) is 3.67. The highest BCUT2D eigenvalue weighted by atomic mass is 16.5. The van der Waals surface area contributed by atoms with Gasteiger partial charge in [0.25, 0.3) is 0 Å². The lowest BCUT2D eigenvalue weighted by Crippen LogP contribution is -2.17. The van der Waals surface area contributed by atoms with Crippen molar-refractivity contribution in [3.63, 3.8) is 0 Å². The Morgan fingerprint density at radius 3 is 2.67 bits per heavy atom. The van der Waals surface area contributed by atoms with Crippen LogP contribution in [0.4, 0.5) is 0 Å². The summed E-state index contributed by atoms with van der Waals surface area (Å²) in [6, 6.07) is 13.8. The standard InChI is InChI=1S/C19H18O2/c20-19(21-12-18-10-13-5-6-16(18)9-13)17-8-7-14-3-1-2-4-15(14)11-17/h1-8,11,13,16,18H,9-10,12H2. The first-order valence-electron chi connectivity index (χ1n) is 7.64. The van der Waals surface area contributed by atoms with Gasteiger partial charge in [0.15, 0.2) is 0 Å². The first-order valence-corrected chi connectivity index (χ1v) is 7.64. The maximum absolute atomic E-state index is 12.2. The summed E-state index contributed by atoms with van der Waals surface area (Å²) in [6.07, 6.45) is 7.03. The average Bonchev–Trinajstić information content (AvgIpc) is 3.15. The van der Waals surface area contributed by atoms with E-state index in [0.717, 1.165) is 16.7 Å². The fourth-order valence-electron chi connectivity index (χ4n) is 3.67. The van der Waals surface area contributed by atoms with Crippen LogP contribution in [0, 0.1) is 17.8 Å². The molecule has 0 aromatic heterocycles. The zero-order chi connectivity index (χ0) is 14.2. The Kier molecular flexibility index (Phi) is 3.03. The van der Waals surface area contributed by atoms with Gasteiger partial charge in [-0.05, 0) is 53.5 Å². The van der Waals surface area contributed by atoms with Crippen molar-refractivity contribution in [3.05, 3.63) is 60.2 Å². The van der Waals surface area contributed by atoms with E-state index in [1.54, 1.807) is 0 Å². The number of allylic oxidation sites excluding steroid dienone is 2. The first kappa shape index (κ1) is 12.6. The quantitative estimate of drug-likeness (QED) is 0.621. The molecule has 2 aromatic carbocycles. The van der Waals surface area contributed by atoms with Crippen molar-refractivity contribution in [2.45, 2.75) is 12.8 Å². The molecule has 1 fully saturated rings. The van der Waals surface area contributed by atoms with Crippen LogP contribution in [0.5, 0.6) is 0 Å². The van der Waals surface area contributed by atoms with Crippen molar-refractivity contribution in [1.29, 1.82) is 0 Å². The van der Waals surface area contributed by atoms with Crippen molar-refractivity contribution in [2.75, 3.05) is 6.61 Å². The zero-order valence-electron chi connectivity index (χ0n) is 11.9. The molecular formula is C19H18O2. The van der Waals surface area contributed by atoms with E-state index < -0.39 is 0 Å². The van der Waals surface area contributed by atoms with Crippen LogP contribution in [0.3, 0.4) is 0 Å². The molecule has 0 N–H and O–H groups in total. The number of hydrogen-bond donors (Lipinski definition) is 0. The highest BCUT2D eigenvalue weighted by molar-refractivity contribution is 5.95. The number of carbonyl (C=O) groups excluding carboxylic acids is 1. The van der Waals surface area contributed by atoms with Gasteiger partial charge in [0.1, 0.15) is 0 Å². The van der Waals surface area contributed by atoms with Crippen LogP contribution in [0.2, 0.25) is 0 Å². The van der Waals surface area contributed by atoms with Gasteiger partial charge in [0.2, 0.25) is 0 Å². The number of rotatable bonds is 3. The topological polar surface area (TPSA) is 26.3 Å². The highest BCUT2D eigenvalue weighted by Gasteiger charge is 2.36. The molecular weight excluding hydrogens is 260 g/mol. The van der Waals surface area contributed by atoms with Crippen LogP contribution in [0.25, 0.3) is 10.8 Å². The number of carbonyl (C=O) groups is 1. The molecule has 3 unspecified atom stereocenters. The second-order valence-electron chi connectivity index (χ2n) is 6.20. The van der Waals surface area contributed by atoms with E-state index >= 15 is 0 Å². The molecule has 1 saturated carbocycles. The summed E-state index contributed by atoms with van der Waals surface area (Å²) >= 11 is 0. The molecule has 0 amide bonds. The van der Waals surface area contributed by atoms with Gasteiger partial charge in [0.05, 0.1) is 12.2 Å². The summed E-state index contributed by atoms with van der Waals surface area (Å²) in [5.41, 5.74) is 0.646. The van der Waals surface area contributed by atoms with Crippen LogP contribution >= 0.6 is 0 Å². The van der Waals surface area contributed by atoms with Crippen molar-refractivity contribution >= 4 is 16.7 Å². The maximum atomic E-state index is 12.2. The van der Waals surface area contributed by atoms with Crippen LogP contribution < -0.4 is 0 Å². The van der Waals surface area contributed by atoms with Gasteiger partial charge in [0, 0.05) is 0 Å². The summed E-state index contributed by atoms with van der Waals surface area (Å²) in [5, 5.41) is 2.22. The van der Waals surface area contributed by atoms with Crippen LogP contribution in [0.15, 0.2) is 54.6 Å². The molecule has 2 aliphatic rings. The smallest absolute Gasteiger partial charge is 0.338 e. The number of esters is 1. The van der Waals surface area contributed by atoms with E-state index in [9.17, 15) is 4.79 Å². The number of hydrogen-bond acceptors (Lipinski definition) is 2. The Morgan fingerprint density at radius 2 is 1.90 bits per heavy atom. The Hall–Kier alpha value is -2.09. The van der Waals surface area contributed by atoms with Crippen molar-refractivity contribution in [3.8, 4) is 0 Å². The van der Waals surface area contributed by atoms with Gasteiger partial charge in [-0.25, -0.2) is 4.79 Å². The van der Waals surface area contributed by atoms with Gasteiger partial charge in [-0.3, -0.25) is 0 Å². The minimum atomic E-state index is -0.201. The molecule has 2 bridgehead atoms. The molecule has 106 valence electrons. The normalized spacial score (nSPS) is 26.4. The summed E-state index contributed by atoms with van der Waals surface area (Å²) in [5.74, 6) is 1.66. The van der Waals surface area contributed by atoms with Crippen molar-refractivity contribution in [2.24, 2.45) is 17.8 Å². The third kappa shape index (κ3) is 2.35. The van der Waals surface area contributed by atoms with E-state index in [1.165, 1.54) is 12.8 Å². The SMILES string of the molecule is O=C(OCC1CC2C=CC1C2)c1ccc2ccccc2c1. The third-order valence-electron chi connectivity index (χ3n) is 4.83. The van der Waals surface area contributed by atoms with Crippen LogP contribution in [0.1, 0.15) is 23.2 Å². The Labute approximate surface area is 124 Å². The zero-order valence-corrected chi connectivity index (χ0v) is 11.9. The number of benzene rings is 2. The van der Waals surface area contributed by atoms with E-state index in [1.807, 2.05) is 42.5 Å². The molecule has 2 aliphatic carbocycles. The van der Waals surface area contributed by atoms with Crippen molar-refractivity contribution in [1.82, 2.24) is 0 Å². The predicted octanol–water partition coefficient (Wildman–Crippen LogP) is 4.21. The summed E-state index contributed by atoms with van der Waals surface area (Å²) < 4.78 is 5.54. The molecule has 21 heavy (non-hydrogen) atoms. The molecule has 2 aromatic rings. The lowest BCUT2D eigenvalue weighted by Gasteiger charge is -2.17. The van der Waals surface area contributed by atoms with Gasteiger partial charge in [-0.15, -0.1) is 0 Å². The monoisotopic (exact) mass is 278 g/mol. The molecule has 2 heteroatoms. The fraction of sp³-hybridized carbons (Fsp3) is 0.316. The lowest BCUT2D eigenvalue weighted by atomic mass is 9.95. The summed E-state index contributed by atoms with van der Waals surface area (Å²) in [6.45, 7) is 0.553. The Balaban J connectivity index is 1.45. The first-order chi connectivity index (χ1) is 10.3. The van der Waals surface area contributed by atoms with Gasteiger partial charge in [-0.1, -0.05) is 42.5 Å². The summed E-state index contributed by atoms with van der Waals surface area (Å²) in [7, 11) is 0. The minimum Gasteiger partial charge on any atom is -0.462 e. The van der Waals surface area contributed by atoms with Crippen LogP contribution in [-0.4, -0.2) is 12.6 Å². The molecule has 4 rings (SSSR count).